The highest BCUT2D eigenvalue weighted by Gasteiger charge is 2.09. The van der Waals surface area contributed by atoms with Gasteiger partial charge in [-0.25, -0.2) is 0 Å². The van der Waals surface area contributed by atoms with Crippen LogP contribution < -0.4 is 5.32 Å². The average molecular weight is 240 g/mol. The fourth-order valence-electron chi connectivity index (χ4n) is 1.79. The van der Waals surface area contributed by atoms with Gasteiger partial charge in [0.1, 0.15) is 5.76 Å². The van der Waals surface area contributed by atoms with E-state index in [9.17, 15) is 0 Å². The van der Waals surface area contributed by atoms with E-state index in [1.165, 1.54) is 0 Å². The van der Waals surface area contributed by atoms with Crippen molar-refractivity contribution in [2.45, 2.75) is 26.4 Å². The summed E-state index contributed by atoms with van der Waals surface area (Å²) in [6, 6.07) is 12.1. The zero-order valence-electron chi connectivity index (χ0n) is 10.6. The normalized spacial score (nSPS) is 10.6. The van der Waals surface area contributed by atoms with E-state index in [1.807, 2.05) is 24.3 Å². The molecule has 0 spiro atoms. The minimum atomic E-state index is 0.411. The molecule has 2 rings (SSSR count). The standard InChI is InChI=1S/C15H16N2O/c1-11(2)17-10-15-14(6-7-18-15)13-5-3-4-12(8-13)9-16/h3-8,11,17H,10H2,1-2H3. The Morgan fingerprint density at radius 3 is 2.89 bits per heavy atom. The molecule has 1 heterocycles. The lowest BCUT2D eigenvalue weighted by Gasteiger charge is -2.08. The fourth-order valence-corrected chi connectivity index (χ4v) is 1.79. The van der Waals surface area contributed by atoms with E-state index in [-0.39, 0.29) is 0 Å². The molecule has 92 valence electrons. The van der Waals surface area contributed by atoms with E-state index in [2.05, 4.69) is 25.2 Å². The summed E-state index contributed by atoms with van der Waals surface area (Å²) in [6.07, 6.45) is 1.69. The maximum absolute atomic E-state index is 8.92. The number of hydrogen-bond acceptors (Lipinski definition) is 3. The van der Waals surface area contributed by atoms with E-state index in [1.54, 1.807) is 12.3 Å². The first-order chi connectivity index (χ1) is 8.70. The largest absolute Gasteiger partial charge is 0.467 e. The van der Waals surface area contributed by atoms with Gasteiger partial charge in [0.2, 0.25) is 0 Å². The summed E-state index contributed by atoms with van der Waals surface area (Å²) in [5.74, 6) is 0.902. The number of benzene rings is 1. The van der Waals surface area contributed by atoms with Crippen LogP contribution in [0.4, 0.5) is 0 Å². The van der Waals surface area contributed by atoms with Gasteiger partial charge in [0.05, 0.1) is 24.4 Å². The summed E-state index contributed by atoms with van der Waals surface area (Å²) in [6.45, 7) is 4.88. The first-order valence-electron chi connectivity index (χ1n) is 6.01. The van der Waals surface area contributed by atoms with Crippen molar-refractivity contribution in [3.8, 4) is 17.2 Å². The van der Waals surface area contributed by atoms with Gasteiger partial charge in [-0.3, -0.25) is 0 Å². The maximum Gasteiger partial charge on any atom is 0.125 e. The van der Waals surface area contributed by atoms with Crippen LogP contribution in [0.15, 0.2) is 41.0 Å². The first kappa shape index (κ1) is 12.4. The molecule has 18 heavy (non-hydrogen) atoms. The van der Waals surface area contributed by atoms with E-state index >= 15 is 0 Å². The second-order valence-electron chi connectivity index (χ2n) is 4.49. The molecule has 0 radical (unpaired) electrons. The number of rotatable bonds is 4. The van der Waals surface area contributed by atoms with Crippen LogP contribution in [-0.4, -0.2) is 6.04 Å². The highest BCUT2D eigenvalue weighted by Crippen LogP contribution is 2.25. The smallest absolute Gasteiger partial charge is 0.125 e. The van der Waals surface area contributed by atoms with Gasteiger partial charge in [-0.05, 0) is 23.8 Å². The summed E-state index contributed by atoms with van der Waals surface area (Å²) in [7, 11) is 0. The Bertz CT molecular complexity index is 564. The van der Waals surface area contributed by atoms with Crippen molar-refractivity contribution in [1.82, 2.24) is 5.32 Å². The molecule has 0 unspecified atom stereocenters. The summed E-state index contributed by atoms with van der Waals surface area (Å²) in [5, 5.41) is 12.2. The Balaban J connectivity index is 2.28. The second kappa shape index (κ2) is 5.52. The molecule has 1 aromatic carbocycles. The molecular weight excluding hydrogens is 224 g/mol. The van der Waals surface area contributed by atoms with Gasteiger partial charge in [-0.2, -0.15) is 5.26 Å². The zero-order valence-corrected chi connectivity index (χ0v) is 10.6. The minimum absolute atomic E-state index is 0.411. The van der Waals surface area contributed by atoms with E-state index < -0.39 is 0 Å². The van der Waals surface area contributed by atoms with Crippen molar-refractivity contribution in [3.63, 3.8) is 0 Å². The summed E-state index contributed by atoms with van der Waals surface area (Å²) < 4.78 is 5.50. The molecule has 0 fully saturated rings. The lowest BCUT2D eigenvalue weighted by molar-refractivity contribution is 0.466. The molecule has 3 nitrogen and oxygen atoms in total. The molecule has 0 amide bonds. The molecular formula is C15H16N2O. The Morgan fingerprint density at radius 2 is 2.17 bits per heavy atom. The highest BCUT2D eigenvalue weighted by molar-refractivity contribution is 5.67. The van der Waals surface area contributed by atoms with Gasteiger partial charge >= 0.3 is 0 Å². The van der Waals surface area contributed by atoms with E-state index in [0.29, 0.717) is 18.2 Å². The minimum Gasteiger partial charge on any atom is -0.467 e. The number of nitriles is 1. The maximum atomic E-state index is 8.92. The predicted octanol–water partition coefficient (Wildman–Crippen LogP) is 3.32. The van der Waals surface area contributed by atoms with Gasteiger partial charge in [0.25, 0.3) is 0 Å². The predicted molar refractivity (Wildman–Crippen MR) is 70.8 cm³/mol. The van der Waals surface area contributed by atoms with Crippen molar-refractivity contribution in [2.75, 3.05) is 0 Å². The number of hydrogen-bond donors (Lipinski definition) is 1. The third kappa shape index (κ3) is 2.79. The van der Waals surface area contributed by atoms with Gasteiger partial charge in [-0.15, -0.1) is 0 Å². The molecule has 2 aromatic rings. The van der Waals surface area contributed by atoms with Crippen LogP contribution in [0.25, 0.3) is 11.1 Å². The van der Waals surface area contributed by atoms with Crippen LogP contribution in [0, 0.1) is 11.3 Å². The molecule has 0 atom stereocenters. The van der Waals surface area contributed by atoms with Crippen LogP contribution >= 0.6 is 0 Å². The summed E-state index contributed by atoms with van der Waals surface area (Å²) in [4.78, 5) is 0. The van der Waals surface area contributed by atoms with Gasteiger partial charge in [0.15, 0.2) is 0 Å². The zero-order chi connectivity index (χ0) is 13.0. The quantitative estimate of drug-likeness (QED) is 0.891. The van der Waals surface area contributed by atoms with E-state index in [0.717, 1.165) is 16.9 Å². The van der Waals surface area contributed by atoms with Gasteiger partial charge in [-0.1, -0.05) is 26.0 Å². The van der Waals surface area contributed by atoms with Gasteiger partial charge < -0.3 is 9.73 Å². The summed E-state index contributed by atoms with van der Waals surface area (Å²) in [5.41, 5.74) is 2.72. The Morgan fingerprint density at radius 1 is 1.33 bits per heavy atom. The van der Waals surface area contributed by atoms with Crippen LogP contribution in [0.1, 0.15) is 25.2 Å². The van der Waals surface area contributed by atoms with E-state index in [4.69, 9.17) is 9.68 Å². The van der Waals surface area contributed by atoms with Crippen LogP contribution in [0.2, 0.25) is 0 Å². The molecule has 1 aromatic heterocycles. The lowest BCUT2D eigenvalue weighted by Crippen LogP contribution is -2.21. The van der Waals surface area contributed by atoms with Crippen molar-refractivity contribution in [3.05, 3.63) is 47.9 Å². The van der Waals surface area contributed by atoms with Crippen LogP contribution in [0.5, 0.6) is 0 Å². The number of nitrogens with one attached hydrogen (secondary N) is 1. The molecule has 0 saturated carbocycles. The molecule has 3 heteroatoms. The molecule has 0 aliphatic carbocycles. The molecule has 0 saturated heterocycles. The Labute approximate surface area is 107 Å². The van der Waals surface area contributed by atoms with Crippen molar-refractivity contribution < 1.29 is 4.42 Å². The van der Waals surface area contributed by atoms with Crippen LogP contribution in [0.3, 0.4) is 0 Å². The first-order valence-corrected chi connectivity index (χ1v) is 6.01. The third-order valence-electron chi connectivity index (χ3n) is 2.72. The SMILES string of the molecule is CC(C)NCc1occc1-c1cccc(C#N)c1. The highest BCUT2D eigenvalue weighted by atomic mass is 16.3. The number of furan rings is 1. The number of nitrogens with zero attached hydrogens (tertiary/aromatic N) is 1. The third-order valence-corrected chi connectivity index (χ3v) is 2.72. The molecule has 0 aliphatic heterocycles. The Hall–Kier alpha value is -2.05. The monoisotopic (exact) mass is 240 g/mol. The Kier molecular flexibility index (Phi) is 3.81. The van der Waals surface area contributed by atoms with Crippen molar-refractivity contribution >= 4 is 0 Å². The average Bonchev–Trinajstić information content (AvgIpc) is 2.84. The van der Waals surface area contributed by atoms with Crippen molar-refractivity contribution in [2.24, 2.45) is 0 Å². The van der Waals surface area contributed by atoms with Gasteiger partial charge in [0, 0.05) is 11.6 Å². The van der Waals surface area contributed by atoms with Crippen molar-refractivity contribution in [1.29, 1.82) is 5.26 Å². The summed E-state index contributed by atoms with van der Waals surface area (Å²) >= 11 is 0. The lowest BCUT2D eigenvalue weighted by atomic mass is 10.0. The molecule has 0 bridgehead atoms. The van der Waals surface area contributed by atoms with Crippen LogP contribution in [-0.2, 0) is 6.54 Å². The topological polar surface area (TPSA) is 49.0 Å². The molecule has 0 aliphatic rings. The second-order valence-corrected chi connectivity index (χ2v) is 4.49. The molecule has 1 N–H and O–H groups in total. The fraction of sp³-hybridized carbons (Fsp3) is 0.267.